The number of aliphatic imine (C=N–C) groups is 1. The lowest BCUT2D eigenvalue weighted by Crippen LogP contribution is -2.28. The fraction of sp³-hybridized carbons (Fsp3) is 0.241. The second-order valence-corrected chi connectivity index (χ2v) is 9.22. The van der Waals surface area contributed by atoms with Crippen LogP contribution in [0.3, 0.4) is 0 Å². The lowest BCUT2D eigenvalue weighted by molar-refractivity contribution is -0.122. The molecule has 1 saturated heterocycles. The van der Waals surface area contributed by atoms with Crippen LogP contribution in [-0.2, 0) is 11.4 Å². The van der Waals surface area contributed by atoms with Crippen molar-refractivity contribution in [1.29, 1.82) is 0 Å². The van der Waals surface area contributed by atoms with Gasteiger partial charge >= 0.3 is 0 Å². The van der Waals surface area contributed by atoms with Gasteiger partial charge in [-0.3, -0.25) is 9.69 Å². The van der Waals surface area contributed by atoms with Crippen molar-refractivity contribution in [1.82, 2.24) is 4.90 Å². The molecule has 0 radical (unpaired) electrons. The molecule has 0 spiro atoms. The van der Waals surface area contributed by atoms with Crippen molar-refractivity contribution in [3.05, 3.63) is 93.9 Å². The maximum absolute atomic E-state index is 13.1. The van der Waals surface area contributed by atoms with Gasteiger partial charge in [0.25, 0.3) is 5.91 Å². The summed E-state index contributed by atoms with van der Waals surface area (Å²) < 4.78 is 11.9. The molecule has 0 bridgehead atoms. The van der Waals surface area contributed by atoms with E-state index in [1.165, 1.54) is 11.8 Å². The van der Waals surface area contributed by atoms with Crippen molar-refractivity contribution < 1.29 is 14.3 Å². The van der Waals surface area contributed by atoms with Crippen LogP contribution >= 0.6 is 11.8 Å². The van der Waals surface area contributed by atoms with Gasteiger partial charge in [-0.1, -0.05) is 54.6 Å². The molecule has 4 rings (SSSR count). The van der Waals surface area contributed by atoms with Crippen molar-refractivity contribution in [3.63, 3.8) is 0 Å². The van der Waals surface area contributed by atoms with E-state index in [2.05, 4.69) is 0 Å². The highest BCUT2D eigenvalue weighted by Gasteiger charge is 2.32. The number of benzene rings is 3. The maximum atomic E-state index is 13.1. The molecule has 0 unspecified atom stereocenters. The number of carbonyl (C=O) groups excluding carboxylic acids is 1. The van der Waals surface area contributed by atoms with Crippen LogP contribution in [0.5, 0.6) is 11.5 Å². The van der Waals surface area contributed by atoms with Gasteiger partial charge in [-0.15, -0.1) is 0 Å². The van der Waals surface area contributed by atoms with Crippen LogP contribution in [0.25, 0.3) is 6.08 Å². The van der Waals surface area contributed by atoms with Gasteiger partial charge in [0.2, 0.25) is 0 Å². The zero-order valence-corrected chi connectivity index (χ0v) is 21.4. The minimum absolute atomic E-state index is 0.0372. The first-order valence-corrected chi connectivity index (χ1v) is 12.6. The van der Waals surface area contributed by atoms with E-state index in [9.17, 15) is 4.79 Å². The van der Waals surface area contributed by atoms with Crippen LogP contribution in [0, 0.1) is 13.8 Å². The predicted octanol–water partition coefficient (Wildman–Crippen LogP) is 6.91. The summed E-state index contributed by atoms with van der Waals surface area (Å²) in [5, 5.41) is 0.703. The van der Waals surface area contributed by atoms with Gasteiger partial charge in [-0.05, 0) is 79.9 Å². The lowest BCUT2D eigenvalue weighted by atomic mass is 10.1. The van der Waals surface area contributed by atoms with Crippen molar-refractivity contribution in [2.24, 2.45) is 4.99 Å². The molecule has 3 aromatic rings. The van der Waals surface area contributed by atoms with E-state index in [-0.39, 0.29) is 5.91 Å². The van der Waals surface area contributed by atoms with Gasteiger partial charge in [0.05, 0.1) is 17.2 Å². The SMILES string of the molecule is CCOc1cc(/C=C2/SC(=Nc3c(C)cccc3C)N(CC)C2=O)ccc1OCc1ccccc1. The molecule has 0 atom stereocenters. The van der Waals surface area contributed by atoms with Crippen LogP contribution < -0.4 is 9.47 Å². The Kier molecular flexibility index (Phi) is 7.93. The first-order valence-electron chi connectivity index (χ1n) is 11.8. The molecule has 180 valence electrons. The van der Waals surface area contributed by atoms with Gasteiger partial charge in [0.1, 0.15) is 6.61 Å². The highest BCUT2D eigenvalue weighted by molar-refractivity contribution is 8.18. The zero-order chi connectivity index (χ0) is 24.8. The summed E-state index contributed by atoms with van der Waals surface area (Å²) in [4.78, 5) is 20.4. The van der Waals surface area contributed by atoms with Crippen LogP contribution in [-0.4, -0.2) is 29.1 Å². The van der Waals surface area contributed by atoms with Crippen molar-refractivity contribution in [3.8, 4) is 11.5 Å². The number of amides is 1. The van der Waals surface area contributed by atoms with Gasteiger partial charge in [0, 0.05) is 6.54 Å². The summed E-state index contributed by atoms with van der Waals surface area (Å²) in [5.74, 6) is 1.30. The van der Waals surface area contributed by atoms with Gasteiger partial charge in [-0.25, -0.2) is 4.99 Å². The molecule has 0 saturated carbocycles. The fourth-order valence-electron chi connectivity index (χ4n) is 3.84. The number of likely N-dealkylation sites (N-methyl/N-ethyl adjacent to an activating group) is 1. The number of carbonyl (C=O) groups is 1. The molecule has 3 aromatic carbocycles. The van der Waals surface area contributed by atoms with Gasteiger partial charge in [0.15, 0.2) is 16.7 Å². The summed E-state index contributed by atoms with van der Waals surface area (Å²) in [6, 6.07) is 21.9. The molecule has 6 heteroatoms. The maximum Gasteiger partial charge on any atom is 0.266 e. The first-order chi connectivity index (χ1) is 17.0. The molecule has 1 aliphatic rings. The molecule has 1 aliphatic heterocycles. The normalized spacial score (nSPS) is 15.8. The highest BCUT2D eigenvalue weighted by Crippen LogP contribution is 2.37. The number of aryl methyl sites for hydroxylation is 2. The van der Waals surface area contributed by atoms with E-state index in [4.69, 9.17) is 14.5 Å². The third-order valence-corrected chi connectivity index (χ3v) is 6.66. The fourth-order valence-corrected chi connectivity index (χ4v) is 4.88. The second kappa shape index (κ2) is 11.3. The van der Waals surface area contributed by atoms with Gasteiger partial charge in [-0.2, -0.15) is 0 Å². The number of rotatable bonds is 8. The van der Waals surface area contributed by atoms with Crippen molar-refractivity contribution in [2.75, 3.05) is 13.2 Å². The lowest BCUT2D eigenvalue weighted by Gasteiger charge is -2.13. The van der Waals surface area contributed by atoms with Crippen LogP contribution in [0.15, 0.2) is 76.6 Å². The summed E-state index contributed by atoms with van der Waals surface area (Å²) in [6.45, 7) is 9.52. The largest absolute Gasteiger partial charge is 0.490 e. The Hall–Kier alpha value is -3.51. The summed E-state index contributed by atoms with van der Waals surface area (Å²) >= 11 is 1.40. The minimum Gasteiger partial charge on any atom is -0.490 e. The quantitative estimate of drug-likeness (QED) is 0.325. The number of ether oxygens (including phenoxy) is 2. The van der Waals surface area contributed by atoms with E-state index >= 15 is 0 Å². The molecule has 1 amide bonds. The Labute approximate surface area is 211 Å². The number of hydrogen-bond acceptors (Lipinski definition) is 5. The van der Waals surface area contributed by atoms with E-state index in [0.29, 0.717) is 41.3 Å². The minimum atomic E-state index is -0.0372. The Morgan fingerprint density at radius 1 is 0.914 bits per heavy atom. The summed E-state index contributed by atoms with van der Waals surface area (Å²) in [6.07, 6.45) is 1.90. The van der Waals surface area contributed by atoms with E-state index in [1.54, 1.807) is 4.90 Å². The van der Waals surface area contributed by atoms with Crippen LogP contribution in [0.4, 0.5) is 5.69 Å². The molecule has 0 N–H and O–H groups in total. The smallest absolute Gasteiger partial charge is 0.266 e. The van der Waals surface area contributed by atoms with Crippen LogP contribution in [0.2, 0.25) is 0 Å². The van der Waals surface area contributed by atoms with Gasteiger partial charge < -0.3 is 9.47 Å². The Bertz CT molecular complexity index is 1250. The molecule has 0 aromatic heterocycles. The van der Waals surface area contributed by atoms with E-state index < -0.39 is 0 Å². The third kappa shape index (κ3) is 5.77. The molecular formula is C29H30N2O3S. The number of thioether (sulfide) groups is 1. The average molecular weight is 487 g/mol. The number of hydrogen-bond donors (Lipinski definition) is 0. The predicted molar refractivity (Wildman–Crippen MR) is 144 cm³/mol. The van der Waals surface area contributed by atoms with E-state index in [0.717, 1.165) is 27.9 Å². The molecular weight excluding hydrogens is 456 g/mol. The monoisotopic (exact) mass is 486 g/mol. The first kappa shape index (κ1) is 24.6. The molecule has 5 nitrogen and oxygen atoms in total. The number of para-hydroxylation sites is 1. The summed E-state index contributed by atoms with van der Waals surface area (Å²) in [5.41, 5.74) is 5.06. The average Bonchev–Trinajstić information content (AvgIpc) is 3.15. The van der Waals surface area contributed by atoms with Crippen LogP contribution in [0.1, 0.15) is 36.1 Å². The van der Waals surface area contributed by atoms with Crippen molar-refractivity contribution in [2.45, 2.75) is 34.3 Å². The second-order valence-electron chi connectivity index (χ2n) is 8.21. The van der Waals surface area contributed by atoms with Crippen molar-refractivity contribution >= 4 is 34.6 Å². The number of nitrogens with zero attached hydrogens (tertiary/aromatic N) is 2. The standard InChI is InChI=1S/C29H30N2O3S/c1-5-31-28(32)26(35-29(31)30-27-20(3)11-10-12-21(27)4)18-23-15-16-24(25(17-23)33-6-2)34-19-22-13-8-7-9-14-22/h7-18H,5-6,19H2,1-4H3/b26-18+,30-29?. The number of amidine groups is 1. The Balaban J connectivity index is 1.60. The van der Waals surface area contributed by atoms with E-state index in [1.807, 2.05) is 101 Å². The zero-order valence-electron chi connectivity index (χ0n) is 20.6. The molecule has 35 heavy (non-hydrogen) atoms. The third-order valence-electron chi connectivity index (χ3n) is 5.65. The Morgan fingerprint density at radius 3 is 2.34 bits per heavy atom. The molecule has 1 fully saturated rings. The molecule has 0 aliphatic carbocycles. The molecule has 1 heterocycles. The Morgan fingerprint density at radius 2 is 1.66 bits per heavy atom. The summed E-state index contributed by atoms with van der Waals surface area (Å²) in [7, 11) is 0. The topological polar surface area (TPSA) is 51.1 Å². The highest BCUT2D eigenvalue weighted by atomic mass is 32.2.